The Balaban J connectivity index is 2.32. The third-order valence-corrected chi connectivity index (χ3v) is 3.18. The predicted octanol–water partition coefficient (Wildman–Crippen LogP) is 2.02. The Kier molecular flexibility index (Phi) is 3.21. The van der Waals surface area contributed by atoms with Crippen molar-refractivity contribution in [2.75, 3.05) is 13.2 Å². The van der Waals surface area contributed by atoms with E-state index in [-0.39, 0.29) is 6.61 Å². The molecule has 0 bridgehead atoms. The Labute approximate surface area is 92.5 Å². The molecule has 76 valence electrons. The first-order valence-electron chi connectivity index (χ1n) is 4.94. The van der Waals surface area contributed by atoms with Gasteiger partial charge in [-0.05, 0) is 42.6 Å². The maximum absolute atomic E-state index is 8.96. The van der Waals surface area contributed by atoms with E-state index in [0.717, 1.165) is 23.9 Å². The van der Waals surface area contributed by atoms with Crippen LogP contribution in [0.3, 0.4) is 0 Å². The van der Waals surface area contributed by atoms with Gasteiger partial charge in [-0.15, -0.1) is 0 Å². The largest absolute Gasteiger partial charge is 0.396 e. The lowest BCUT2D eigenvalue weighted by molar-refractivity contribution is 0.263. The van der Waals surface area contributed by atoms with Gasteiger partial charge in [-0.25, -0.2) is 0 Å². The molecule has 14 heavy (non-hydrogen) atoms. The van der Waals surface area contributed by atoms with Crippen LogP contribution in [-0.4, -0.2) is 18.3 Å². The van der Waals surface area contributed by atoms with Gasteiger partial charge in [-0.2, -0.15) is 0 Å². The Morgan fingerprint density at radius 1 is 1.50 bits per heavy atom. The van der Waals surface area contributed by atoms with Crippen molar-refractivity contribution < 1.29 is 5.11 Å². The summed E-state index contributed by atoms with van der Waals surface area (Å²) in [4.78, 5) is 0. The van der Waals surface area contributed by atoms with Crippen LogP contribution in [0.1, 0.15) is 23.6 Å². The highest BCUT2D eigenvalue weighted by atomic mass is 79.9. The van der Waals surface area contributed by atoms with Gasteiger partial charge in [0.2, 0.25) is 0 Å². The monoisotopic (exact) mass is 255 g/mol. The first-order chi connectivity index (χ1) is 6.81. The van der Waals surface area contributed by atoms with Gasteiger partial charge in [-0.1, -0.05) is 22.0 Å². The smallest absolute Gasteiger partial charge is 0.0449 e. The molecule has 1 aromatic carbocycles. The molecule has 1 unspecified atom stereocenters. The predicted molar refractivity (Wildman–Crippen MR) is 60.3 cm³/mol. The van der Waals surface area contributed by atoms with Gasteiger partial charge in [0, 0.05) is 17.1 Å². The van der Waals surface area contributed by atoms with Gasteiger partial charge >= 0.3 is 0 Å². The van der Waals surface area contributed by atoms with Crippen LogP contribution < -0.4 is 5.32 Å². The number of aliphatic hydroxyl groups is 1. The number of halogens is 1. The zero-order valence-corrected chi connectivity index (χ0v) is 9.55. The Morgan fingerprint density at radius 2 is 2.36 bits per heavy atom. The second-order valence-electron chi connectivity index (χ2n) is 3.61. The number of benzene rings is 1. The van der Waals surface area contributed by atoms with Gasteiger partial charge in [0.15, 0.2) is 0 Å². The molecule has 1 heterocycles. The van der Waals surface area contributed by atoms with Gasteiger partial charge < -0.3 is 10.4 Å². The lowest BCUT2D eigenvalue weighted by Crippen LogP contribution is -2.30. The molecule has 2 N–H and O–H groups in total. The second-order valence-corrected chi connectivity index (χ2v) is 4.53. The number of aliphatic hydroxyl groups excluding tert-OH is 1. The highest BCUT2D eigenvalue weighted by Crippen LogP contribution is 2.27. The van der Waals surface area contributed by atoms with E-state index in [9.17, 15) is 0 Å². The highest BCUT2D eigenvalue weighted by molar-refractivity contribution is 9.10. The summed E-state index contributed by atoms with van der Waals surface area (Å²) in [5, 5.41) is 12.4. The van der Waals surface area contributed by atoms with Crippen LogP contribution in [-0.2, 0) is 6.42 Å². The molecule has 0 aromatic heterocycles. The maximum atomic E-state index is 8.96. The van der Waals surface area contributed by atoms with Crippen molar-refractivity contribution in [2.24, 2.45) is 0 Å². The van der Waals surface area contributed by atoms with Crippen LogP contribution in [0.4, 0.5) is 0 Å². The molecule has 1 aliphatic rings. The molecule has 0 amide bonds. The van der Waals surface area contributed by atoms with Crippen molar-refractivity contribution in [2.45, 2.75) is 18.9 Å². The van der Waals surface area contributed by atoms with Crippen molar-refractivity contribution in [1.29, 1.82) is 0 Å². The van der Waals surface area contributed by atoms with Crippen LogP contribution in [0, 0.1) is 0 Å². The van der Waals surface area contributed by atoms with E-state index >= 15 is 0 Å². The normalized spacial score (nSPS) is 20.6. The zero-order chi connectivity index (χ0) is 9.97. The first kappa shape index (κ1) is 10.1. The van der Waals surface area contributed by atoms with E-state index in [0.29, 0.717) is 6.04 Å². The fraction of sp³-hybridized carbons (Fsp3) is 0.455. The molecule has 2 nitrogen and oxygen atoms in total. The van der Waals surface area contributed by atoms with Crippen LogP contribution in [0.25, 0.3) is 0 Å². The average Bonchev–Trinajstić information content (AvgIpc) is 2.19. The molecule has 1 atom stereocenters. The molecular weight excluding hydrogens is 242 g/mol. The minimum absolute atomic E-state index is 0.240. The summed E-state index contributed by atoms with van der Waals surface area (Å²) < 4.78 is 1.11. The molecule has 3 heteroatoms. The van der Waals surface area contributed by atoms with E-state index in [4.69, 9.17) is 5.11 Å². The average molecular weight is 256 g/mol. The van der Waals surface area contributed by atoms with Crippen LogP contribution >= 0.6 is 15.9 Å². The van der Waals surface area contributed by atoms with E-state index in [1.807, 2.05) is 0 Å². The summed E-state index contributed by atoms with van der Waals surface area (Å²) >= 11 is 3.48. The van der Waals surface area contributed by atoms with E-state index in [1.165, 1.54) is 11.1 Å². The number of hydrogen-bond donors (Lipinski definition) is 2. The molecule has 0 saturated heterocycles. The molecular formula is C11H14BrNO. The lowest BCUT2D eigenvalue weighted by Gasteiger charge is -2.26. The van der Waals surface area contributed by atoms with Crippen LogP contribution in [0.5, 0.6) is 0 Å². The van der Waals surface area contributed by atoms with Crippen molar-refractivity contribution in [3.63, 3.8) is 0 Å². The van der Waals surface area contributed by atoms with Gasteiger partial charge in [0.25, 0.3) is 0 Å². The molecule has 1 aromatic rings. The molecule has 2 rings (SSSR count). The summed E-state index contributed by atoms with van der Waals surface area (Å²) in [5.41, 5.74) is 2.74. The topological polar surface area (TPSA) is 32.3 Å². The molecule has 0 aliphatic carbocycles. The third-order valence-electron chi connectivity index (χ3n) is 2.69. The summed E-state index contributed by atoms with van der Waals surface area (Å²) in [6.07, 6.45) is 1.88. The van der Waals surface area contributed by atoms with Crippen LogP contribution in [0.2, 0.25) is 0 Å². The number of rotatable bonds is 2. The van der Waals surface area contributed by atoms with Gasteiger partial charge in [0.1, 0.15) is 0 Å². The van der Waals surface area contributed by atoms with Gasteiger partial charge in [-0.3, -0.25) is 0 Å². The minimum atomic E-state index is 0.240. The summed E-state index contributed by atoms with van der Waals surface area (Å²) in [6.45, 7) is 1.25. The Bertz CT molecular complexity index is 327. The molecule has 0 saturated carbocycles. The number of nitrogens with one attached hydrogen (secondary N) is 1. The maximum Gasteiger partial charge on any atom is 0.0449 e. The number of hydrogen-bond acceptors (Lipinski definition) is 2. The number of fused-ring (bicyclic) bond motifs is 1. The summed E-state index contributed by atoms with van der Waals surface area (Å²) in [7, 11) is 0. The quantitative estimate of drug-likeness (QED) is 0.848. The second kappa shape index (κ2) is 4.43. The van der Waals surface area contributed by atoms with E-state index < -0.39 is 0 Å². The molecule has 0 radical (unpaired) electrons. The van der Waals surface area contributed by atoms with Crippen molar-refractivity contribution in [1.82, 2.24) is 5.32 Å². The fourth-order valence-corrected chi connectivity index (χ4v) is 2.37. The SMILES string of the molecule is OCCC1NCCc2ccc(Br)cc21. The standard InChI is InChI=1S/C11H14BrNO/c12-9-2-1-8-3-5-13-11(4-6-14)10(8)7-9/h1-2,7,11,13-14H,3-6H2. The molecule has 0 fully saturated rings. The minimum Gasteiger partial charge on any atom is -0.396 e. The zero-order valence-electron chi connectivity index (χ0n) is 7.96. The lowest BCUT2D eigenvalue weighted by atomic mass is 9.93. The highest BCUT2D eigenvalue weighted by Gasteiger charge is 2.18. The van der Waals surface area contributed by atoms with Crippen molar-refractivity contribution in [3.8, 4) is 0 Å². The molecule has 0 spiro atoms. The summed E-state index contributed by atoms with van der Waals surface area (Å²) in [6, 6.07) is 6.73. The first-order valence-corrected chi connectivity index (χ1v) is 5.73. The van der Waals surface area contributed by atoms with Crippen molar-refractivity contribution in [3.05, 3.63) is 33.8 Å². The Morgan fingerprint density at radius 3 is 3.14 bits per heavy atom. The Hall–Kier alpha value is -0.380. The van der Waals surface area contributed by atoms with E-state index in [2.05, 4.69) is 39.4 Å². The summed E-state index contributed by atoms with van der Waals surface area (Å²) in [5.74, 6) is 0. The third kappa shape index (κ3) is 2.00. The fourth-order valence-electron chi connectivity index (χ4n) is 2.00. The van der Waals surface area contributed by atoms with Crippen molar-refractivity contribution >= 4 is 15.9 Å². The van der Waals surface area contributed by atoms with Gasteiger partial charge in [0.05, 0.1) is 0 Å². The molecule has 1 aliphatic heterocycles. The van der Waals surface area contributed by atoms with E-state index in [1.54, 1.807) is 0 Å². The van der Waals surface area contributed by atoms with Crippen LogP contribution in [0.15, 0.2) is 22.7 Å².